The van der Waals surface area contributed by atoms with E-state index in [4.69, 9.17) is 14.7 Å². The van der Waals surface area contributed by atoms with Crippen LogP contribution in [0.15, 0.2) is 48.5 Å². The molecule has 2 aromatic rings. The number of β-amino-alcohol motifs (C(OH)–C–C–N with tert-alkyl or cyclic N) is 1. The third-order valence-corrected chi connectivity index (χ3v) is 4.49. The molecule has 0 aliphatic carbocycles. The number of hydrogen-bond donors (Lipinski definition) is 1. The zero-order chi connectivity index (χ0) is 17.6. The van der Waals surface area contributed by atoms with E-state index in [2.05, 4.69) is 17.0 Å². The smallest absolute Gasteiger partial charge is 0.119 e. The maximum Gasteiger partial charge on any atom is 0.119 e. The second-order valence-electron chi connectivity index (χ2n) is 6.16. The number of nitrogens with zero attached hydrogens (tertiary/aromatic N) is 2. The van der Waals surface area contributed by atoms with Crippen LogP contribution in [0.25, 0.3) is 0 Å². The van der Waals surface area contributed by atoms with E-state index >= 15 is 0 Å². The van der Waals surface area contributed by atoms with Crippen molar-refractivity contribution < 1.29 is 14.6 Å². The normalized spacial score (nSPS) is 20.2. The van der Waals surface area contributed by atoms with E-state index in [-0.39, 0.29) is 12.1 Å². The summed E-state index contributed by atoms with van der Waals surface area (Å²) in [6.07, 6.45) is 0.385. The van der Waals surface area contributed by atoms with Crippen LogP contribution < -0.4 is 9.47 Å². The fraction of sp³-hybridized carbons (Fsp3) is 0.350. The molecule has 0 saturated carbocycles. The van der Waals surface area contributed by atoms with Gasteiger partial charge >= 0.3 is 0 Å². The third kappa shape index (κ3) is 4.30. The van der Waals surface area contributed by atoms with Gasteiger partial charge in [0.2, 0.25) is 0 Å². The molecule has 1 N–H and O–H groups in total. The lowest BCUT2D eigenvalue weighted by molar-refractivity contribution is 0.162. The first-order chi connectivity index (χ1) is 12.2. The average Bonchev–Trinajstić information content (AvgIpc) is 3.03. The molecule has 1 heterocycles. The van der Waals surface area contributed by atoms with Gasteiger partial charge < -0.3 is 14.6 Å². The van der Waals surface area contributed by atoms with Crippen LogP contribution in [0.3, 0.4) is 0 Å². The summed E-state index contributed by atoms with van der Waals surface area (Å²) in [5, 5.41) is 18.9. The van der Waals surface area contributed by atoms with Crippen molar-refractivity contribution in [1.82, 2.24) is 4.90 Å². The predicted molar refractivity (Wildman–Crippen MR) is 94.6 cm³/mol. The molecule has 2 atom stereocenters. The Kier molecular flexibility index (Phi) is 5.54. The fourth-order valence-corrected chi connectivity index (χ4v) is 3.23. The van der Waals surface area contributed by atoms with Crippen LogP contribution in [0.4, 0.5) is 0 Å². The molecule has 1 saturated heterocycles. The number of hydrogen-bond acceptors (Lipinski definition) is 5. The van der Waals surface area contributed by atoms with E-state index in [1.165, 1.54) is 0 Å². The van der Waals surface area contributed by atoms with Gasteiger partial charge in [-0.3, -0.25) is 4.90 Å². The molecule has 2 aromatic carbocycles. The Balaban J connectivity index is 1.60. The minimum Gasteiger partial charge on any atom is -0.497 e. The monoisotopic (exact) mass is 338 g/mol. The molecule has 25 heavy (non-hydrogen) atoms. The van der Waals surface area contributed by atoms with Gasteiger partial charge in [0.1, 0.15) is 18.1 Å². The lowest BCUT2D eigenvalue weighted by Crippen LogP contribution is -2.29. The molecule has 1 aliphatic rings. The summed E-state index contributed by atoms with van der Waals surface area (Å²) in [5.74, 6) is 1.57. The molecule has 0 amide bonds. The van der Waals surface area contributed by atoms with Crippen molar-refractivity contribution >= 4 is 0 Å². The van der Waals surface area contributed by atoms with Crippen LogP contribution in [-0.4, -0.2) is 42.9 Å². The maximum absolute atomic E-state index is 10.1. The average molecular weight is 338 g/mol. The first kappa shape index (κ1) is 17.3. The third-order valence-electron chi connectivity index (χ3n) is 4.49. The summed E-state index contributed by atoms with van der Waals surface area (Å²) >= 11 is 0. The topological polar surface area (TPSA) is 65.7 Å². The van der Waals surface area contributed by atoms with Crippen molar-refractivity contribution in [3.8, 4) is 17.6 Å². The highest BCUT2D eigenvalue weighted by Gasteiger charge is 2.31. The predicted octanol–water partition coefficient (Wildman–Crippen LogP) is 2.75. The Morgan fingerprint density at radius 2 is 2.00 bits per heavy atom. The van der Waals surface area contributed by atoms with E-state index in [9.17, 15) is 5.11 Å². The molecule has 5 nitrogen and oxygen atoms in total. The number of ether oxygens (including phenoxy) is 2. The lowest BCUT2D eigenvalue weighted by atomic mass is 10.0. The molecular formula is C20H22N2O3. The van der Waals surface area contributed by atoms with Crippen LogP contribution in [0.1, 0.15) is 23.6 Å². The molecule has 1 aliphatic heterocycles. The van der Waals surface area contributed by atoms with Crippen molar-refractivity contribution in [2.45, 2.75) is 18.6 Å². The highest BCUT2D eigenvalue weighted by atomic mass is 16.5. The molecule has 3 rings (SSSR count). The van der Waals surface area contributed by atoms with Gasteiger partial charge in [-0.05, 0) is 48.4 Å². The van der Waals surface area contributed by atoms with Crippen molar-refractivity contribution in [2.24, 2.45) is 0 Å². The quantitative estimate of drug-likeness (QED) is 0.877. The second-order valence-corrected chi connectivity index (χ2v) is 6.16. The van der Waals surface area contributed by atoms with Crippen LogP contribution in [0, 0.1) is 11.3 Å². The first-order valence-corrected chi connectivity index (χ1v) is 8.38. The molecule has 5 heteroatoms. The Labute approximate surface area is 148 Å². The molecule has 0 bridgehead atoms. The number of rotatable bonds is 6. The van der Waals surface area contributed by atoms with Gasteiger partial charge in [-0.2, -0.15) is 5.26 Å². The zero-order valence-electron chi connectivity index (χ0n) is 14.3. The minimum absolute atomic E-state index is 0.162. The number of nitriles is 1. The highest BCUT2D eigenvalue weighted by Crippen LogP contribution is 2.33. The van der Waals surface area contributed by atoms with Crippen LogP contribution in [0.5, 0.6) is 11.5 Å². The Bertz CT molecular complexity index is 739. The van der Waals surface area contributed by atoms with E-state index in [1.807, 2.05) is 18.2 Å². The summed E-state index contributed by atoms with van der Waals surface area (Å²) in [4.78, 5) is 2.24. The van der Waals surface area contributed by atoms with Crippen LogP contribution in [-0.2, 0) is 0 Å². The van der Waals surface area contributed by atoms with E-state index in [0.717, 1.165) is 23.6 Å². The van der Waals surface area contributed by atoms with Gasteiger partial charge in [-0.1, -0.05) is 12.1 Å². The van der Waals surface area contributed by atoms with Gasteiger partial charge in [-0.15, -0.1) is 0 Å². The number of likely N-dealkylation sites (tertiary alicyclic amines) is 1. The second kappa shape index (κ2) is 8.02. The first-order valence-electron chi connectivity index (χ1n) is 8.38. The summed E-state index contributed by atoms with van der Waals surface area (Å²) in [5.41, 5.74) is 1.77. The molecular weight excluding hydrogens is 316 g/mol. The zero-order valence-corrected chi connectivity index (χ0v) is 14.3. The van der Waals surface area contributed by atoms with E-state index < -0.39 is 0 Å². The molecule has 1 fully saturated rings. The number of methoxy groups -OCH3 is 1. The largest absolute Gasteiger partial charge is 0.497 e. The summed E-state index contributed by atoms with van der Waals surface area (Å²) in [7, 11) is 1.66. The van der Waals surface area contributed by atoms with Crippen molar-refractivity contribution in [2.75, 3.05) is 26.8 Å². The Morgan fingerprint density at radius 3 is 2.72 bits per heavy atom. The summed E-state index contributed by atoms with van der Waals surface area (Å²) in [6.45, 7) is 1.89. The van der Waals surface area contributed by atoms with Crippen LogP contribution in [0.2, 0.25) is 0 Å². The van der Waals surface area contributed by atoms with Crippen molar-refractivity contribution in [1.29, 1.82) is 5.26 Å². The van der Waals surface area contributed by atoms with E-state index in [0.29, 0.717) is 25.1 Å². The fourth-order valence-electron chi connectivity index (χ4n) is 3.23. The minimum atomic E-state index is -0.328. The molecule has 0 unspecified atom stereocenters. The highest BCUT2D eigenvalue weighted by molar-refractivity contribution is 5.34. The molecule has 0 radical (unpaired) electrons. The lowest BCUT2D eigenvalue weighted by Gasteiger charge is -2.24. The summed E-state index contributed by atoms with van der Waals surface area (Å²) < 4.78 is 11.1. The standard InChI is InChI=1S/C20H22N2O3/c1-24-19-4-2-3-16(11-19)20-12-17(23)14-22(20)9-10-25-18-7-5-15(13-21)6-8-18/h2-8,11,17,20,23H,9-10,12,14H2,1H3/t17-,20+/m1/s1. The van der Waals surface area contributed by atoms with Crippen LogP contribution >= 0.6 is 0 Å². The SMILES string of the molecule is COc1cccc([C@@H]2C[C@@H](O)CN2CCOc2ccc(C#N)cc2)c1. The number of benzene rings is 2. The molecule has 0 spiro atoms. The van der Waals surface area contributed by atoms with Gasteiger partial charge in [0, 0.05) is 19.1 Å². The van der Waals surface area contributed by atoms with Gasteiger partial charge in [-0.25, -0.2) is 0 Å². The molecule has 130 valence electrons. The van der Waals surface area contributed by atoms with Crippen molar-refractivity contribution in [3.05, 3.63) is 59.7 Å². The van der Waals surface area contributed by atoms with E-state index in [1.54, 1.807) is 31.4 Å². The Morgan fingerprint density at radius 1 is 1.20 bits per heavy atom. The van der Waals surface area contributed by atoms with Gasteiger partial charge in [0.15, 0.2) is 0 Å². The summed E-state index contributed by atoms with van der Waals surface area (Å²) in [6, 6.07) is 17.3. The van der Waals surface area contributed by atoms with Crippen molar-refractivity contribution in [3.63, 3.8) is 0 Å². The molecule has 0 aromatic heterocycles. The number of aliphatic hydroxyl groups is 1. The number of aliphatic hydroxyl groups excluding tert-OH is 1. The van der Waals surface area contributed by atoms with Gasteiger partial charge in [0.25, 0.3) is 0 Å². The Hall–Kier alpha value is -2.55. The van der Waals surface area contributed by atoms with Gasteiger partial charge in [0.05, 0.1) is 24.8 Å². The maximum atomic E-state index is 10.1.